The predicted molar refractivity (Wildman–Crippen MR) is 80.2 cm³/mol. The van der Waals surface area contributed by atoms with E-state index >= 15 is 0 Å². The van der Waals surface area contributed by atoms with Crippen LogP contribution in [0.1, 0.15) is 31.4 Å². The SMILES string of the molecule is CC(c1ccc(F)cc1Cl)N1CCC(N(C)C(=O)O)CC1. The number of piperidine rings is 1. The van der Waals surface area contributed by atoms with E-state index in [1.54, 1.807) is 13.1 Å². The molecule has 1 aromatic rings. The summed E-state index contributed by atoms with van der Waals surface area (Å²) in [5, 5.41) is 9.45. The molecule has 4 nitrogen and oxygen atoms in total. The molecular formula is C15H20ClFN2O2. The number of nitrogens with zero attached hydrogens (tertiary/aromatic N) is 2. The van der Waals surface area contributed by atoms with E-state index in [0.29, 0.717) is 5.02 Å². The van der Waals surface area contributed by atoms with Gasteiger partial charge in [-0.1, -0.05) is 17.7 Å². The van der Waals surface area contributed by atoms with E-state index in [9.17, 15) is 9.18 Å². The van der Waals surface area contributed by atoms with Crippen molar-refractivity contribution in [3.05, 3.63) is 34.6 Å². The van der Waals surface area contributed by atoms with Gasteiger partial charge in [-0.15, -0.1) is 0 Å². The smallest absolute Gasteiger partial charge is 0.407 e. The van der Waals surface area contributed by atoms with Crippen molar-refractivity contribution < 1.29 is 14.3 Å². The summed E-state index contributed by atoms with van der Waals surface area (Å²) in [7, 11) is 1.61. The van der Waals surface area contributed by atoms with Gasteiger partial charge in [0.05, 0.1) is 0 Å². The molecule has 0 spiro atoms. The minimum absolute atomic E-state index is 0.0645. The minimum Gasteiger partial charge on any atom is -0.465 e. The maximum absolute atomic E-state index is 13.1. The highest BCUT2D eigenvalue weighted by Crippen LogP contribution is 2.30. The average Bonchev–Trinajstić information content (AvgIpc) is 2.46. The first-order valence-electron chi connectivity index (χ1n) is 7.05. The van der Waals surface area contributed by atoms with E-state index in [4.69, 9.17) is 16.7 Å². The molecular weight excluding hydrogens is 295 g/mol. The largest absolute Gasteiger partial charge is 0.465 e. The van der Waals surface area contributed by atoms with Crippen LogP contribution < -0.4 is 0 Å². The van der Waals surface area contributed by atoms with Gasteiger partial charge in [0.25, 0.3) is 0 Å². The summed E-state index contributed by atoms with van der Waals surface area (Å²) >= 11 is 6.11. The van der Waals surface area contributed by atoms with Gasteiger partial charge in [-0.25, -0.2) is 9.18 Å². The van der Waals surface area contributed by atoms with Crippen molar-refractivity contribution >= 4 is 17.7 Å². The standard InChI is InChI=1S/C15H20ClFN2O2/c1-10(13-4-3-11(17)9-14(13)16)19-7-5-12(6-8-19)18(2)15(20)21/h3-4,9-10,12H,5-8H2,1-2H3,(H,20,21). The highest BCUT2D eigenvalue weighted by Gasteiger charge is 2.28. The third-order valence-electron chi connectivity index (χ3n) is 4.31. The lowest BCUT2D eigenvalue weighted by Crippen LogP contribution is -2.45. The van der Waals surface area contributed by atoms with Crippen molar-refractivity contribution in [2.24, 2.45) is 0 Å². The molecule has 0 bridgehead atoms. The third kappa shape index (κ3) is 3.66. The van der Waals surface area contributed by atoms with Gasteiger partial charge in [0.2, 0.25) is 0 Å². The number of amides is 1. The lowest BCUT2D eigenvalue weighted by molar-refractivity contribution is 0.0910. The van der Waals surface area contributed by atoms with Crippen molar-refractivity contribution in [2.75, 3.05) is 20.1 Å². The molecule has 2 rings (SSSR count). The molecule has 0 radical (unpaired) electrons. The fourth-order valence-corrected chi connectivity index (χ4v) is 3.18. The number of benzene rings is 1. The van der Waals surface area contributed by atoms with E-state index in [1.165, 1.54) is 17.0 Å². The molecule has 1 heterocycles. The van der Waals surface area contributed by atoms with Crippen LogP contribution >= 0.6 is 11.6 Å². The number of likely N-dealkylation sites (tertiary alicyclic amines) is 1. The van der Waals surface area contributed by atoms with Crippen LogP contribution in [-0.2, 0) is 0 Å². The second-order valence-corrected chi connectivity index (χ2v) is 5.91. The van der Waals surface area contributed by atoms with Crippen LogP contribution in [0.25, 0.3) is 0 Å². The van der Waals surface area contributed by atoms with Crippen LogP contribution in [0.3, 0.4) is 0 Å². The van der Waals surface area contributed by atoms with Gasteiger partial charge in [-0.3, -0.25) is 4.90 Å². The zero-order chi connectivity index (χ0) is 15.6. The van der Waals surface area contributed by atoms with E-state index in [2.05, 4.69) is 4.90 Å². The van der Waals surface area contributed by atoms with Gasteiger partial charge in [0.15, 0.2) is 0 Å². The number of hydrogen-bond donors (Lipinski definition) is 1. The van der Waals surface area contributed by atoms with Crippen LogP contribution in [0.15, 0.2) is 18.2 Å². The van der Waals surface area contributed by atoms with Crippen LogP contribution in [0.4, 0.5) is 9.18 Å². The topological polar surface area (TPSA) is 43.8 Å². The van der Waals surface area contributed by atoms with Gasteiger partial charge in [-0.2, -0.15) is 0 Å². The number of carboxylic acid groups (broad SMARTS) is 1. The van der Waals surface area contributed by atoms with Crippen LogP contribution in [0.5, 0.6) is 0 Å². The van der Waals surface area contributed by atoms with Crippen molar-refractivity contribution in [3.8, 4) is 0 Å². The predicted octanol–water partition coefficient (Wildman–Crippen LogP) is 3.61. The number of rotatable bonds is 3. The van der Waals surface area contributed by atoms with E-state index in [0.717, 1.165) is 31.5 Å². The Labute approximate surface area is 129 Å². The molecule has 116 valence electrons. The quantitative estimate of drug-likeness (QED) is 0.926. The minimum atomic E-state index is -0.886. The third-order valence-corrected chi connectivity index (χ3v) is 4.64. The molecule has 0 aliphatic carbocycles. The van der Waals surface area contributed by atoms with Crippen LogP contribution in [0.2, 0.25) is 5.02 Å². The fourth-order valence-electron chi connectivity index (χ4n) is 2.85. The van der Waals surface area contributed by atoms with Crippen LogP contribution in [0, 0.1) is 5.82 Å². The van der Waals surface area contributed by atoms with Crippen LogP contribution in [-0.4, -0.2) is 47.2 Å². The number of hydrogen-bond acceptors (Lipinski definition) is 2. The molecule has 1 aromatic carbocycles. The first kappa shape index (κ1) is 16.0. The Morgan fingerprint density at radius 3 is 2.62 bits per heavy atom. The average molecular weight is 315 g/mol. The molecule has 1 atom stereocenters. The molecule has 1 amide bonds. The van der Waals surface area contributed by atoms with Gasteiger partial charge < -0.3 is 10.0 Å². The fraction of sp³-hybridized carbons (Fsp3) is 0.533. The maximum Gasteiger partial charge on any atom is 0.407 e. The van der Waals surface area contributed by atoms with Gasteiger partial charge >= 0.3 is 6.09 Å². The molecule has 1 saturated heterocycles. The lowest BCUT2D eigenvalue weighted by atomic mass is 9.99. The van der Waals surface area contributed by atoms with Crippen molar-refractivity contribution in [1.82, 2.24) is 9.80 Å². The summed E-state index contributed by atoms with van der Waals surface area (Å²) in [6.45, 7) is 3.65. The molecule has 1 unspecified atom stereocenters. The Morgan fingerprint density at radius 1 is 1.48 bits per heavy atom. The second kappa shape index (κ2) is 6.62. The maximum atomic E-state index is 13.1. The zero-order valence-electron chi connectivity index (χ0n) is 12.2. The van der Waals surface area contributed by atoms with Gasteiger partial charge in [-0.05, 0) is 37.5 Å². The summed E-state index contributed by atoms with van der Waals surface area (Å²) in [6, 6.07) is 4.63. The summed E-state index contributed by atoms with van der Waals surface area (Å²) in [6.07, 6.45) is 0.709. The molecule has 1 aliphatic rings. The highest BCUT2D eigenvalue weighted by molar-refractivity contribution is 6.31. The Balaban J connectivity index is 2.00. The number of carbonyl (C=O) groups is 1. The monoisotopic (exact) mass is 314 g/mol. The normalized spacial score (nSPS) is 18.5. The van der Waals surface area contributed by atoms with E-state index in [-0.39, 0.29) is 17.9 Å². The summed E-state index contributed by atoms with van der Waals surface area (Å²) in [5.74, 6) is -0.335. The van der Waals surface area contributed by atoms with E-state index in [1.807, 2.05) is 6.92 Å². The number of halogens is 2. The Kier molecular flexibility index (Phi) is 5.06. The Hall–Kier alpha value is -1.33. The molecule has 1 N–H and O–H groups in total. The molecule has 0 aromatic heterocycles. The summed E-state index contributed by atoms with van der Waals surface area (Å²) in [4.78, 5) is 14.6. The molecule has 1 aliphatic heterocycles. The highest BCUT2D eigenvalue weighted by atomic mass is 35.5. The van der Waals surface area contributed by atoms with Crippen molar-refractivity contribution in [3.63, 3.8) is 0 Å². The molecule has 0 saturated carbocycles. The summed E-state index contributed by atoms with van der Waals surface area (Å²) < 4.78 is 13.1. The zero-order valence-corrected chi connectivity index (χ0v) is 13.0. The second-order valence-electron chi connectivity index (χ2n) is 5.50. The van der Waals surface area contributed by atoms with Crippen molar-refractivity contribution in [2.45, 2.75) is 31.8 Å². The Morgan fingerprint density at radius 2 is 2.10 bits per heavy atom. The molecule has 21 heavy (non-hydrogen) atoms. The molecule has 1 fully saturated rings. The van der Waals surface area contributed by atoms with Gasteiger partial charge in [0.1, 0.15) is 5.82 Å². The molecule has 6 heteroatoms. The van der Waals surface area contributed by atoms with Crippen molar-refractivity contribution in [1.29, 1.82) is 0 Å². The first-order chi connectivity index (χ1) is 9.90. The lowest BCUT2D eigenvalue weighted by Gasteiger charge is -2.38. The van der Waals surface area contributed by atoms with Gasteiger partial charge in [0, 0.05) is 37.2 Å². The summed E-state index contributed by atoms with van der Waals surface area (Å²) in [5.41, 5.74) is 0.906. The first-order valence-corrected chi connectivity index (χ1v) is 7.42. The Bertz CT molecular complexity index is 518. The van der Waals surface area contributed by atoms with E-state index < -0.39 is 6.09 Å².